The molecule has 2 aromatic heterocycles. The van der Waals surface area contributed by atoms with Crippen LogP contribution in [0.1, 0.15) is 56.7 Å². The molecule has 5 rings (SSSR count). The molecule has 0 bridgehead atoms. The summed E-state index contributed by atoms with van der Waals surface area (Å²) in [5.74, 6) is 2.78. The third-order valence-electron chi connectivity index (χ3n) is 6.15. The van der Waals surface area contributed by atoms with Crippen LogP contribution in [-0.2, 0) is 13.2 Å². The van der Waals surface area contributed by atoms with Crippen molar-refractivity contribution in [3.05, 3.63) is 78.1 Å². The predicted molar refractivity (Wildman–Crippen MR) is 138 cm³/mol. The first-order valence-electron chi connectivity index (χ1n) is 12.5. The summed E-state index contributed by atoms with van der Waals surface area (Å²) in [6.07, 6.45) is 6.43. The number of nitrogens with one attached hydrogen (secondary N) is 1. The van der Waals surface area contributed by atoms with Crippen molar-refractivity contribution >= 4 is 11.4 Å². The fraction of sp³-hybridized carbons (Fsp3) is 0.357. The summed E-state index contributed by atoms with van der Waals surface area (Å²) in [4.78, 5) is 6.04. The summed E-state index contributed by atoms with van der Waals surface area (Å²) >= 11 is 0. The molecule has 7 nitrogen and oxygen atoms in total. The Bertz CT molecular complexity index is 1250. The number of benzene rings is 2. The van der Waals surface area contributed by atoms with Crippen molar-refractivity contribution in [1.29, 1.82) is 0 Å². The van der Waals surface area contributed by atoms with E-state index >= 15 is 0 Å². The summed E-state index contributed by atoms with van der Waals surface area (Å²) < 4.78 is 6.02. The molecule has 0 spiro atoms. The van der Waals surface area contributed by atoms with Gasteiger partial charge in [-0.3, -0.25) is 4.98 Å². The molecule has 1 aliphatic rings. The number of pyridine rings is 1. The largest absolute Gasteiger partial charge is 0.487 e. The highest BCUT2D eigenvalue weighted by Crippen LogP contribution is 2.45. The van der Waals surface area contributed by atoms with Crippen LogP contribution in [0.5, 0.6) is 5.75 Å². The molecule has 4 aromatic rings. The predicted octanol–water partition coefficient (Wildman–Crippen LogP) is 6.37. The molecule has 180 valence electrons. The van der Waals surface area contributed by atoms with E-state index in [1.807, 2.05) is 36.4 Å². The van der Waals surface area contributed by atoms with Crippen LogP contribution >= 0.6 is 0 Å². The summed E-state index contributed by atoms with van der Waals surface area (Å²) in [6, 6.07) is 20.4. The zero-order valence-corrected chi connectivity index (χ0v) is 20.4. The van der Waals surface area contributed by atoms with E-state index in [-0.39, 0.29) is 0 Å². The SMILES string of the molecule is CC(C)CCCn1nnc(-c2cccc(Nc3ccc(OCc4ccccn4)cc3C3CC3)c2)n1. The van der Waals surface area contributed by atoms with Crippen molar-refractivity contribution in [1.82, 2.24) is 25.2 Å². The Morgan fingerprint density at radius 3 is 2.77 bits per heavy atom. The van der Waals surface area contributed by atoms with Gasteiger partial charge in [0.2, 0.25) is 5.82 Å². The van der Waals surface area contributed by atoms with Crippen LogP contribution in [0.3, 0.4) is 0 Å². The van der Waals surface area contributed by atoms with Crippen LogP contribution in [0, 0.1) is 5.92 Å². The van der Waals surface area contributed by atoms with Crippen molar-refractivity contribution in [3.8, 4) is 17.1 Å². The van der Waals surface area contributed by atoms with Gasteiger partial charge in [-0.05, 0) is 90.8 Å². The fourth-order valence-electron chi connectivity index (χ4n) is 4.10. The minimum Gasteiger partial charge on any atom is -0.487 e. The van der Waals surface area contributed by atoms with Gasteiger partial charge in [-0.1, -0.05) is 32.0 Å². The van der Waals surface area contributed by atoms with E-state index in [2.05, 4.69) is 63.8 Å². The van der Waals surface area contributed by atoms with Gasteiger partial charge < -0.3 is 10.1 Å². The van der Waals surface area contributed by atoms with Crippen molar-refractivity contribution < 1.29 is 4.74 Å². The third kappa shape index (κ3) is 6.23. The van der Waals surface area contributed by atoms with E-state index in [1.54, 1.807) is 11.0 Å². The maximum atomic E-state index is 6.02. The molecule has 2 heterocycles. The highest BCUT2D eigenvalue weighted by molar-refractivity contribution is 5.70. The van der Waals surface area contributed by atoms with Gasteiger partial charge in [-0.25, -0.2) is 0 Å². The lowest BCUT2D eigenvalue weighted by Crippen LogP contribution is -2.03. The molecular weight excluding hydrogens is 436 g/mol. The van der Waals surface area contributed by atoms with E-state index in [9.17, 15) is 0 Å². The van der Waals surface area contributed by atoms with Gasteiger partial charge >= 0.3 is 0 Å². The van der Waals surface area contributed by atoms with Crippen LogP contribution in [0.2, 0.25) is 0 Å². The van der Waals surface area contributed by atoms with Crippen LogP contribution in [-0.4, -0.2) is 25.2 Å². The lowest BCUT2D eigenvalue weighted by atomic mass is 10.1. The average molecular weight is 469 g/mol. The molecule has 0 saturated heterocycles. The van der Waals surface area contributed by atoms with Gasteiger partial charge in [0, 0.05) is 23.1 Å². The highest BCUT2D eigenvalue weighted by atomic mass is 16.5. The maximum absolute atomic E-state index is 6.02. The molecule has 35 heavy (non-hydrogen) atoms. The summed E-state index contributed by atoms with van der Waals surface area (Å²) in [7, 11) is 0. The number of anilines is 2. The zero-order valence-electron chi connectivity index (χ0n) is 20.4. The number of aromatic nitrogens is 5. The normalized spacial score (nSPS) is 13.2. The summed E-state index contributed by atoms with van der Waals surface area (Å²) in [6.45, 7) is 5.72. The molecule has 1 N–H and O–H groups in total. The van der Waals surface area contributed by atoms with E-state index in [0.29, 0.717) is 24.3 Å². The zero-order chi connectivity index (χ0) is 24.0. The van der Waals surface area contributed by atoms with Crippen LogP contribution < -0.4 is 10.1 Å². The molecule has 0 amide bonds. The fourth-order valence-corrected chi connectivity index (χ4v) is 4.10. The number of ether oxygens (including phenoxy) is 1. The molecule has 0 radical (unpaired) electrons. The summed E-state index contributed by atoms with van der Waals surface area (Å²) in [5, 5.41) is 16.7. The smallest absolute Gasteiger partial charge is 0.204 e. The first-order chi connectivity index (χ1) is 17.1. The topological polar surface area (TPSA) is 77.8 Å². The van der Waals surface area contributed by atoms with Gasteiger partial charge in [0.25, 0.3) is 0 Å². The average Bonchev–Trinajstić information content (AvgIpc) is 3.61. The van der Waals surface area contributed by atoms with Gasteiger partial charge in [0.05, 0.1) is 12.2 Å². The maximum Gasteiger partial charge on any atom is 0.204 e. The van der Waals surface area contributed by atoms with Crippen molar-refractivity contribution in [2.75, 3.05) is 5.32 Å². The van der Waals surface area contributed by atoms with Gasteiger partial charge in [0.15, 0.2) is 0 Å². The van der Waals surface area contributed by atoms with E-state index in [0.717, 1.165) is 47.8 Å². The van der Waals surface area contributed by atoms with Gasteiger partial charge in [-0.15, -0.1) is 10.2 Å². The lowest BCUT2D eigenvalue weighted by molar-refractivity contribution is 0.301. The van der Waals surface area contributed by atoms with Crippen molar-refractivity contribution in [2.24, 2.45) is 5.92 Å². The quantitative estimate of drug-likeness (QED) is 0.275. The molecule has 1 aliphatic carbocycles. The summed E-state index contributed by atoms with van der Waals surface area (Å²) in [5.41, 5.74) is 5.28. The number of rotatable bonds is 11. The second-order valence-electron chi connectivity index (χ2n) is 9.58. The second kappa shape index (κ2) is 10.7. The lowest BCUT2D eigenvalue weighted by Gasteiger charge is -2.15. The van der Waals surface area contributed by atoms with Gasteiger partial charge in [-0.2, -0.15) is 4.80 Å². The molecule has 1 saturated carbocycles. The van der Waals surface area contributed by atoms with Crippen molar-refractivity contribution in [3.63, 3.8) is 0 Å². The molecule has 0 unspecified atom stereocenters. The molecule has 0 atom stereocenters. The molecule has 0 aliphatic heterocycles. The Morgan fingerprint density at radius 1 is 1.06 bits per heavy atom. The molecular formula is C28H32N6O. The number of nitrogens with zero attached hydrogens (tertiary/aromatic N) is 5. The Kier molecular flexibility index (Phi) is 7.02. The first kappa shape index (κ1) is 23.0. The number of tetrazole rings is 1. The Labute approximate surface area is 206 Å². The standard InChI is InChI=1S/C28H32N6O/c1-20(2)7-6-16-34-32-28(31-33-34)22-8-5-10-23(17-22)30-27-14-13-25(18-26(27)21-11-12-21)35-19-24-9-3-4-15-29-24/h3-5,8-10,13-15,17-18,20-21,30H,6-7,11-12,16,19H2,1-2H3. The Balaban J connectivity index is 1.28. The Morgan fingerprint density at radius 2 is 1.97 bits per heavy atom. The molecule has 2 aromatic carbocycles. The van der Waals surface area contributed by atoms with E-state index in [1.165, 1.54) is 18.4 Å². The van der Waals surface area contributed by atoms with Crippen LogP contribution in [0.25, 0.3) is 11.4 Å². The van der Waals surface area contributed by atoms with E-state index in [4.69, 9.17) is 4.74 Å². The van der Waals surface area contributed by atoms with Gasteiger partial charge in [0.1, 0.15) is 12.4 Å². The second-order valence-corrected chi connectivity index (χ2v) is 9.58. The highest BCUT2D eigenvalue weighted by Gasteiger charge is 2.27. The number of hydrogen-bond acceptors (Lipinski definition) is 6. The number of hydrogen-bond donors (Lipinski definition) is 1. The van der Waals surface area contributed by atoms with Crippen LogP contribution in [0.4, 0.5) is 11.4 Å². The Hall–Kier alpha value is -3.74. The first-order valence-corrected chi connectivity index (χ1v) is 12.5. The van der Waals surface area contributed by atoms with Crippen molar-refractivity contribution in [2.45, 2.75) is 58.6 Å². The monoisotopic (exact) mass is 468 g/mol. The minimum absolute atomic E-state index is 0.463. The molecule has 7 heteroatoms. The third-order valence-corrected chi connectivity index (χ3v) is 6.15. The molecule has 1 fully saturated rings. The minimum atomic E-state index is 0.463. The van der Waals surface area contributed by atoms with E-state index < -0.39 is 0 Å². The number of aryl methyl sites for hydroxylation is 1. The van der Waals surface area contributed by atoms with Crippen LogP contribution in [0.15, 0.2) is 66.9 Å².